The van der Waals surface area contributed by atoms with Crippen molar-refractivity contribution in [2.45, 2.75) is 25.6 Å². The molecule has 2 atom stereocenters. The topological polar surface area (TPSA) is 50.4 Å². The number of rotatable bonds is 4. The first-order chi connectivity index (χ1) is 7.88. The smallest absolute Gasteiger partial charge is 0.362 e. The first-order valence-corrected chi connectivity index (χ1v) is 5.53. The van der Waals surface area contributed by atoms with Crippen LogP contribution in [0, 0.1) is 5.92 Å². The quantitative estimate of drug-likeness (QED) is 0.775. The van der Waals surface area contributed by atoms with Gasteiger partial charge in [0.2, 0.25) is 5.91 Å². The van der Waals surface area contributed by atoms with Gasteiger partial charge in [0.1, 0.15) is 13.2 Å². The van der Waals surface area contributed by atoms with Crippen molar-refractivity contribution in [1.29, 1.82) is 0 Å². The minimum atomic E-state index is -4.39. The van der Waals surface area contributed by atoms with Crippen molar-refractivity contribution in [2.75, 3.05) is 26.3 Å². The monoisotopic (exact) mass is 254 g/mol. The van der Waals surface area contributed by atoms with Gasteiger partial charge in [0.05, 0.1) is 0 Å². The summed E-state index contributed by atoms with van der Waals surface area (Å²) in [6, 6.07) is -0.0364. The summed E-state index contributed by atoms with van der Waals surface area (Å²) in [6.07, 6.45) is -3.45. The fourth-order valence-electron chi connectivity index (χ4n) is 1.69. The van der Waals surface area contributed by atoms with E-state index in [1.165, 1.54) is 0 Å². The summed E-state index contributed by atoms with van der Waals surface area (Å²) in [5.41, 5.74) is 0. The predicted octanol–water partition coefficient (Wildman–Crippen LogP) is 0.679. The second kappa shape index (κ2) is 6.20. The van der Waals surface area contributed by atoms with Crippen LogP contribution in [0.4, 0.5) is 13.2 Å². The molecule has 1 amide bonds. The standard InChI is InChI=1S/C10H17F3N2O2/c1-7-2-3-14-4-8(7)15-9(16)5-17-6-10(11,12)13/h7-8,14H,2-6H2,1H3,(H,15,16). The first kappa shape index (κ1) is 14.2. The minimum absolute atomic E-state index is 0.0364. The van der Waals surface area contributed by atoms with Crippen molar-refractivity contribution in [2.24, 2.45) is 5.92 Å². The molecule has 100 valence electrons. The van der Waals surface area contributed by atoms with Crippen molar-refractivity contribution >= 4 is 5.91 Å². The molecule has 7 heteroatoms. The van der Waals surface area contributed by atoms with E-state index in [0.717, 1.165) is 13.0 Å². The average Bonchev–Trinajstić information content (AvgIpc) is 2.19. The molecule has 0 aromatic rings. The minimum Gasteiger partial charge on any atom is -0.362 e. The number of alkyl halides is 3. The van der Waals surface area contributed by atoms with Gasteiger partial charge in [-0.2, -0.15) is 13.2 Å². The van der Waals surface area contributed by atoms with Gasteiger partial charge in [0, 0.05) is 12.6 Å². The first-order valence-electron chi connectivity index (χ1n) is 5.53. The van der Waals surface area contributed by atoms with Gasteiger partial charge >= 0.3 is 6.18 Å². The van der Waals surface area contributed by atoms with E-state index in [0.29, 0.717) is 12.5 Å². The molecular formula is C10H17F3N2O2. The van der Waals surface area contributed by atoms with E-state index in [-0.39, 0.29) is 6.04 Å². The van der Waals surface area contributed by atoms with E-state index in [4.69, 9.17) is 0 Å². The van der Waals surface area contributed by atoms with Crippen molar-refractivity contribution in [3.63, 3.8) is 0 Å². The number of carbonyl (C=O) groups excluding carboxylic acids is 1. The molecule has 0 saturated carbocycles. The third kappa shape index (κ3) is 5.88. The SMILES string of the molecule is CC1CCNCC1NC(=O)COCC(F)(F)F. The number of hydrogen-bond acceptors (Lipinski definition) is 3. The van der Waals surface area contributed by atoms with Crippen LogP contribution < -0.4 is 10.6 Å². The van der Waals surface area contributed by atoms with Crippen LogP contribution in [0.2, 0.25) is 0 Å². The molecule has 1 aliphatic rings. The van der Waals surface area contributed by atoms with Crippen LogP contribution in [0.3, 0.4) is 0 Å². The van der Waals surface area contributed by atoms with Crippen LogP contribution in [0.1, 0.15) is 13.3 Å². The van der Waals surface area contributed by atoms with Crippen LogP contribution in [0.25, 0.3) is 0 Å². The van der Waals surface area contributed by atoms with Crippen LogP contribution in [0.15, 0.2) is 0 Å². The van der Waals surface area contributed by atoms with Gasteiger partial charge in [-0.3, -0.25) is 4.79 Å². The summed E-state index contributed by atoms with van der Waals surface area (Å²) >= 11 is 0. The number of hydrogen-bond donors (Lipinski definition) is 2. The van der Waals surface area contributed by atoms with Crippen LogP contribution in [-0.2, 0) is 9.53 Å². The average molecular weight is 254 g/mol. The number of nitrogens with one attached hydrogen (secondary N) is 2. The Morgan fingerprint density at radius 1 is 1.53 bits per heavy atom. The maximum atomic E-state index is 11.8. The lowest BCUT2D eigenvalue weighted by Crippen LogP contribution is -2.51. The third-order valence-electron chi connectivity index (χ3n) is 2.67. The predicted molar refractivity (Wildman–Crippen MR) is 55.5 cm³/mol. The van der Waals surface area contributed by atoms with Crippen LogP contribution in [0.5, 0.6) is 0 Å². The van der Waals surface area contributed by atoms with E-state index in [9.17, 15) is 18.0 Å². The molecule has 0 aromatic carbocycles. The maximum absolute atomic E-state index is 11.8. The van der Waals surface area contributed by atoms with Gasteiger partial charge in [-0.25, -0.2) is 0 Å². The zero-order valence-electron chi connectivity index (χ0n) is 9.64. The van der Waals surface area contributed by atoms with Crippen molar-refractivity contribution in [3.8, 4) is 0 Å². The molecule has 2 unspecified atom stereocenters. The van der Waals surface area contributed by atoms with E-state index >= 15 is 0 Å². The highest BCUT2D eigenvalue weighted by Crippen LogP contribution is 2.14. The zero-order chi connectivity index (χ0) is 12.9. The zero-order valence-corrected chi connectivity index (χ0v) is 9.64. The molecule has 2 N–H and O–H groups in total. The van der Waals surface area contributed by atoms with E-state index in [2.05, 4.69) is 15.4 Å². The number of ether oxygens (including phenoxy) is 1. The highest BCUT2D eigenvalue weighted by molar-refractivity contribution is 5.77. The lowest BCUT2D eigenvalue weighted by atomic mass is 9.95. The van der Waals surface area contributed by atoms with Gasteiger partial charge < -0.3 is 15.4 Å². The van der Waals surface area contributed by atoms with Gasteiger partial charge in [-0.1, -0.05) is 6.92 Å². The molecule has 1 aliphatic heterocycles. The Hall–Kier alpha value is -0.820. The Balaban J connectivity index is 2.20. The number of amides is 1. The Morgan fingerprint density at radius 2 is 2.24 bits per heavy atom. The lowest BCUT2D eigenvalue weighted by molar-refractivity contribution is -0.175. The molecule has 0 spiro atoms. The summed E-state index contributed by atoms with van der Waals surface area (Å²) in [6.45, 7) is 1.61. The molecule has 17 heavy (non-hydrogen) atoms. The summed E-state index contributed by atoms with van der Waals surface area (Å²) in [7, 11) is 0. The Kier molecular flexibility index (Phi) is 5.20. The highest BCUT2D eigenvalue weighted by atomic mass is 19.4. The molecule has 0 aliphatic carbocycles. The van der Waals surface area contributed by atoms with Gasteiger partial charge in [-0.15, -0.1) is 0 Å². The number of halogens is 3. The van der Waals surface area contributed by atoms with Crippen LogP contribution >= 0.6 is 0 Å². The molecule has 1 saturated heterocycles. The van der Waals surface area contributed by atoms with E-state index in [1.807, 2.05) is 6.92 Å². The summed E-state index contributed by atoms with van der Waals surface area (Å²) in [4.78, 5) is 11.3. The Bertz CT molecular complexity index is 258. The summed E-state index contributed by atoms with van der Waals surface area (Å²) in [5, 5.41) is 5.78. The Labute approximate surface area is 97.9 Å². The number of piperidine rings is 1. The fourth-order valence-corrected chi connectivity index (χ4v) is 1.69. The van der Waals surface area contributed by atoms with E-state index in [1.54, 1.807) is 0 Å². The molecule has 0 radical (unpaired) electrons. The molecule has 1 fully saturated rings. The second-order valence-corrected chi connectivity index (χ2v) is 4.25. The van der Waals surface area contributed by atoms with Gasteiger partial charge in [-0.05, 0) is 18.9 Å². The molecule has 1 rings (SSSR count). The fraction of sp³-hybridized carbons (Fsp3) is 0.900. The Morgan fingerprint density at radius 3 is 2.82 bits per heavy atom. The van der Waals surface area contributed by atoms with Crippen molar-refractivity contribution in [3.05, 3.63) is 0 Å². The van der Waals surface area contributed by atoms with E-state index < -0.39 is 25.3 Å². The second-order valence-electron chi connectivity index (χ2n) is 4.25. The van der Waals surface area contributed by atoms with Crippen LogP contribution in [-0.4, -0.2) is 44.4 Å². The molecular weight excluding hydrogens is 237 g/mol. The summed E-state index contributed by atoms with van der Waals surface area (Å²) < 4.78 is 39.6. The maximum Gasteiger partial charge on any atom is 0.411 e. The number of carbonyl (C=O) groups is 1. The normalized spacial score (nSPS) is 25.6. The van der Waals surface area contributed by atoms with Gasteiger partial charge in [0.15, 0.2) is 0 Å². The molecule has 4 nitrogen and oxygen atoms in total. The van der Waals surface area contributed by atoms with Crippen molar-refractivity contribution in [1.82, 2.24) is 10.6 Å². The largest absolute Gasteiger partial charge is 0.411 e. The molecule has 1 heterocycles. The summed E-state index contributed by atoms with van der Waals surface area (Å²) in [5.74, 6) is -0.183. The van der Waals surface area contributed by atoms with Crippen molar-refractivity contribution < 1.29 is 22.7 Å². The van der Waals surface area contributed by atoms with Gasteiger partial charge in [0.25, 0.3) is 0 Å². The molecule has 0 aromatic heterocycles. The third-order valence-corrected chi connectivity index (χ3v) is 2.67. The lowest BCUT2D eigenvalue weighted by Gasteiger charge is -2.30. The molecule has 0 bridgehead atoms. The highest BCUT2D eigenvalue weighted by Gasteiger charge is 2.28.